The van der Waals surface area contributed by atoms with Gasteiger partial charge in [0.1, 0.15) is 23.3 Å². The number of anilines is 2. The van der Waals surface area contributed by atoms with Gasteiger partial charge in [-0.2, -0.15) is 0 Å². The second kappa shape index (κ2) is 10.5. The molecule has 0 amide bonds. The first-order valence-electron chi connectivity index (χ1n) is 11.9. The second-order valence-corrected chi connectivity index (χ2v) is 10.7. The number of ether oxygens (including phenoxy) is 3. The summed E-state index contributed by atoms with van der Waals surface area (Å²) in [6.07, 6.45) is 4.37. The summed E-state index contributed by atoms with van der Waals surface area (Å²) in [5.41, 5.74) is 0.464. The van der Waals surface area contributed by atoms with Crippen molar-refractivity contribution in [3.8, 4) is 17.2 Å². The molecule has 14 heteroatoms. The summed E-state index contributed by atoms with van der Waals surface area (Å²) in [7, 11) is -0.892. The lowest BCUT2D eigenvalue weighted by molar-refractivity contribution is 0.103. The molecule has 0 aliphatic carbocycles. The molecule has 37 heavy (non-hydrogen) atoms. The highest BCUT2D eigenvalue weighted by Crippen LogP contribution is 2.39. The van der Waals surface area contributed by atoms with E-state index >= 15 is 0 Å². The topological polar surface area (TPSA) is 134 Å². The number of sulfonamides is 1. The zero-order valence-electron chi connectivity index (χ0n) is 20.5. The van der Waals surface area contributed by atoms with Crippen molar-refractivity contribution in [2.45, 2.75) is 37.0 Å². The lowest BCUT2D eigenvalue weighted by Crippen LogP contribution is -2.45. The van der Waals surface area contributed by atoms with Gasteiger partial charge in [0.25, 0.3) is 0 Å². The van der Waals surface area contributed by atoms with Crippen LogP contribution in [0.1, 0.15) is 37.6 Å². The van der Waals surface area contributed by atoms with E-state index in [9.17, 15) is 12.8 Å². The summed E-state index contributed by atoms with van der Waals surface area (Å²) < 4.78 is 61.7. The highest BCUT2D eigenvalue weighted by molar-refractivity contribution is 7.93. The maximum absolute atomic E-state index is 13.6. The molecular formula is C23H28FN7O5S. The van der Waals surface area contributed by atoms with Gasteiger partial charge in [0, 0.05) is 19.7 Å². The van der Waals surface area contributed by atoms with Gasteiger partial charge < -0.3 is 19.1 Å². The first-order chi connectivity index (χ1) is 17.9. The van der Waals surface area contributed by atoms with E-state index in [1.54, 1.807) is 27.7 Å². The molecule has 2 aromatic heterocycles. The van der Waals surface area contributed by atoms with E-state index in [4.69, 9.17) is 14.2 Å². The van der Waals surface area contributed by atoms with Gasteiger partial charge >= 0.3 is 0 Å². The Morgan fingerprint density at radius 1 is 1.08 bits per heavy atom. The SMILES string of the molecule is COc1cccc(OC)c1-n1c(NS(=O)(=O)C2CCCN(c3ncc(F)cn3)C2)nnc1[C@@H]1CCCO1. The van der Waals surface area contributed by atoms with Gasteiger partial charge in [0.05, 0.1) is 31.9 Å². The fraction of sp³-hybridized carbons (Fsp3) is 0.478. The number of nitrogens with one attached hydrogen (secondary N) is 1. The predicted molar refractivity (Wildman–Crippen MR) is 132 cm³/mol. The molecule has 0 bridgehead atoms. The number of nitrogens with zero attached hydrogens (tertiary/aromatic N) is 6. The summed E-state index contributed by atoms with van der Waals surface area (Å²) in [6.45, 7) is 1.28. The number of benzene rings is 1. The zero-order chi connectivity index (χ0) is 26.0. The van der Waals surface area contributed by atoms with Gasteiger partial charge in [-0.1, -0.05) is 6.07 Å². The molecule has 2 fully saturated rings. The molecule has 1 unspecified atom stereocenters. The Morgan fingerprint density at radius 2 is 1.81 bits per heavy atom. The lowest BCUT2D eigenvalue weighted by Gasteiger charge is -2.32. The largest absolute Gasteiger partial charge is 0.494 e. The number of rotatable bonds is 8. The summed E-state index contributed by atoms with van der Waals surface area (Å²) in [5.74, 6) is 1.09. The third-order valence-electron chi connectivity index (χ3n) is 6.47. The number of para-hydroxylation sites is 1. The van der Waals surface area contributed by atoms with Gasteiger partial charge in [-0.3, -0.25) is 9.29 Å². The minimum atomic E-state index is -3.93. The first kappa shape index (κ1) is 25.1. The standard InChI is InChI=1S/C23H28FN7O5S/c1-34-17-7-3-8-18(35-2)20(17)31-21(19-9-5-11-36-19)27-28-23(31)29-37(32,33)16-6-4-10-30(14-16)22-25-12-15(24)13-26-22/h3,7-8,12-13,16,19H,4-6,9-11,14H2,1-2H3,(H,28,29)/t16?,19-/m0/s1. The Balaban J connectivity index is 1.50. The molecule has 198 valence electrons. The van der Waals surface area contributed by atoms with Gasteiger partial charge in [-0.25, -0.2) is 22.8 Å². The summed E-state index contributed by atoms with van der Waals surface area (Å²) in [5, 5.41) is 7.73. The zero-order valence-corrected chi connectivity index (χ0v) is 21.3. The van der Waals surface area contributed by atoms with Crippen molar-refractivity contribution in [2.75, 3.05) is 43.5 Å². The molecule has 3 aromatic rings. The molecule has 2 atom stereocenters. The Hall–Kier alpha value is -3.52. The molecule has 4 heterocycles. The molecule has 0 spiro atoms. The number of piperidine rings is 1. The second-order valence-electron chi connectivity index (χ2n) is 8.79. The summed E-state index contributed by atoms with van der Waals surface area (Å²) in [4.78, 5) is 9.73. The van der Waals surface area contributed by atoms with Crippen molar-refractivity contribution >= 4 is 21.9 Å². The van der Waals surface area contributed by atoms with Gasteiger partial charge in [0.15, 0.2) is 11.6 Å². The molecule has 1 aromatic carbocycles. The third kappa shape index (κ3) is 5.03. The van der Waals surface area contributed by atoms with E-state index in [1.807, 2.05) is 0 Å². The molecular weight excluding hydrogens is 505 g/mol. The van der Waals surface area contributed by atoms with Crippen LogP contribution in [0.3, 0.4) is 0 Å². The highest BCUT2D eigenvalue weighted by atomic mass is 32.2. The average Bonchev–Trinajstić information content (AvgIpc) is 3.58. The highest BCUT2D eigenvalue weighted by Gasteiger charge is 2.35. The van der Waals surface area contributed by atoms with E-state index < -0.39 is 21.1 Å². The van der Waals surface area contributed by atoms with Crippen molar-refractivity contribution in [1.82, 2.24) is 24.7 Å². The molecule has 0 radical (unpaired) electrons. The fourth-order valence-corrected chi connectivity index (χ4v) is 6.08. The first-order valence-corrected chi connectivity index (χ1v) is 13.5. The monoisotopic (exact) mass is 533 g/mol. The van der Waals surface area contributed by atoms with E-state index in [0.29, 0.717) is 49.0 Å². The summed E-state index contributed by atoms with van der Waals surface area (Å²) in [6, 6.07) is 5.27. The van der Waals surface area contributed by atoms with Gasteiger partial charge in [-0.05, 0) is 37.8 Å². The van der Waals surface area contributed by atoms with Crippen LogP contribution in [0.5, 0.6) is 11.5 Å². The maximum Gasteiger partial charge on any atom is 0.243 e. The molecule has 12 nitrogen and oxygen atoms in total. The van der Waals surface area contributed by atoms with E-state index in [0.717, 1.165) is 25.2 Å². The van der Waals surface area contributed by atoms with Crippen molar-refractivity contribution in [3.05, 3.63) is 42.2 Å². The van der Waals surface area contributed by atoms with E-state index in [2.05, 4.69) is 24.9 Å². The van der Waals surface area contributed by atoms with Crippen molar-refractivity contribution in [2.24, 2.45) is 0 Å². The maximum atomic E-state index is 13.6. The number of methoxy groups -OCH3 is 2. The molecule has 1 N–H and O–H groups in total. The smallest absolute Gasteiger partial charge is 0.243 e. The quantitative estimate of drug-likeness (QED) is 0.460. The molecule has 2 saturated heterocycles. The van der Waals surface area contributed by atoms with Crippen molar-refractivity contribution in [1.29, 1.82) is 0 Å². The number of hydrogen-bond acceptors (Lipinski definition) is 10. The minimum Gasteiger partial charge on any atom is -0.494 e. The molecule has 2 aliphatic rings. The normalized spacial score (nSPS) is 20.1. The van der Waals surface area contributed by atoms with Crippen LogP contribution >= 0.6 is 0 Å². The van der Waals surface area contributed by atoms with Crippen LogP contribution in [0.4, 0.5) is 16.3 Å². The Kier molecular flexibility index (Phi) is 7.11. The Morgan fingerprint density at radius 3 is 2.46 bits per heavy atom. The molecule has 0 saturated carbocycles. The van der Waals surface area contributed by atoms with Gasteiger partial charge in [-0.15, -0.1) is 10.2 Å². The predicted octanol–water partition coefficient (Wildman–Crippen LogP) is 2.48. The van der Waals surface area contributed by atoms with Crippen molar-refractivity contribution in [3.63, 3.8) is 0 Å². The average molecular weight is 534 g/mol. The lowest BCUT2D eigenvalue weighted by atomic mass is 10.1. The van der Waals surface area contributed by atoms with Crippen LogP contribution in [0, 0.1) is 5.82 Å². The number of aromatic nitrogens is 5. The van der Waals surface area contributed by atoms with E-state index in [-0.39, 0.29) is 24.5 Å². The van der Waals surface area contributed by atoms with Crippen LogP contribution < -0.4 is 19.1 Å². The Bertz CT molecular complexity index is 1320. The van der Waals surface area contributed by atoms with Crippen molar-refractivity contribution < 1.29 is 27.0 Å². The van der Waals surface area contributed by atoms with E-state index in [1.165, 1.54) is 14.2 Å². The van der Waals surface area contributed by atoms with Crippen LogP contribution in [-0.2, 0) is 14.8 Å². The summed E-state index contributed by atoms with van der Waals surface area (Å²) >= 11 is 0. The van der Waals surface area contributed by atoms with Crippen LogP contribution in [-0.4, -0.2) is 72.3 Å². The fourth-order valence-electron chi connectivity index (χ4n) is 4.68. The van der Waals surface area contributed by atoms with Crippen LogP contribution in [0.2, 0.25) is 0 Å². The van der Waals surface area contributed by atoms with Crippen LogP contribution in [0.15, 0.2) is 30.6 Å². The van der Waals surface area contributed by atoms with Crippen LogP contribution in [0.25, 0.3) is 5.69 Å². The number of halogens is 1. The molecule has 5 rings (SSSR count). The number of hydrogen-bond donors (Lipinski definition) is 1. The van der Waals surface area contributed by atoms with Gasteiger partial charge in [0.2, 0.25) is 21.9 Å². The Labute approximate surface area is 213 Å². The third-order valence-corrected chi connectivity index (χ3v) is 8.20. The minimum absolute atomic E-state index is 0.00320. The molecule has 2 aliphatic heterocycles.